The van der Waals surface area contributed by atoms with Crippen LogP contribution >= 0.6 is 0 Å². The van der Waals surface area contributed by atoms with Crippen LogP contribution in [0.2, 0.25) is 0 Å². The van der Waals surface area contributed by atoms with E-state index in [2.05, 4.69) is 563 Å². The van der Waals surface area contributed by atoms with Gasteiger partial charge >= 0.3 is 0 Å². The highest BCUT2D eigenvalue weighted by atomic mass is 15.0. The average Bonchev–Trinajstić information content (AvgIpc) is 1.58. The number of para-hydroxylation sites is 1. The van der Waals surface area contributed by atoms with Crippen molar-refractivity contribution in [1.29, 1.82) is 0 Å². The van der Waals surface area contributed by atoms with E-state index < -0.39 is 0 Å². The summed E-state index contributed by atoms with van der Waals surface area (Å²) in [5.41, 5.74) is 46.0. The van der Waals surface area contributed by atoms with Crippen molar-refractivity contribution < 1.29 is 0 Å². The van der Waals surface area contributed by atoms with Crippen LogP contribution < -0.4 is 0 Å². The maximum absolute atomic E-state index is 5.27. The first-order chi connectivity index (χ1) is 71.8. The minimum Gasteiger partial charge on any atom is -0.309 e. The molecule has 0 amide bonds. The van der Waals surface area contributed by atoms with Gasteiger partial charge in [-0.05, 0) is 241 Å². The van der Waals surface area contributed by atoms with Crippen molar-refractivity contribution in [2.75, 3.05) is 0 Å². The van der Waals surface area contributed by atoms with Crippen LogP contribution in [0.15, 0.2) is 576 Å². The van der Waals surface area contributed by atoms with Gasteiger partial charge < -0.3 is 4.57 Å². The summed E-state index contributed by atoms with van der Waals surface area (Å²) >= 11 is 0. The smallest absolute Gasteiger partial charge is 0.160 e. The fourth-order valence-electron chi connectivity index (χ4n) is 19.9. The zero-order valence-electron chi connectivity index (χ0n) is 79.6. The van der Waals surface area contributed by atoms with Crippen LogP contribution in [0, 0.1) is 0 Å². The molecule has 25 aromatic rings. The van der Waals surface area contributed by atoms with Crippen LogP contribution in [0.5, 0.6) is 0 Å². The number of fused-ring (bicyclic) bond motifs is 3. The fraction of sp³-hybridized carbons (Fsp3) is 0. The van der Waals surface area contributed by atoms with Crippen LogP contribution in [-0.2, 0) is 0 Å². The monoisotopic (exact) mass is 1850 g/mol. The first kappa shape index (κ1) is 88.5. The van der Waals surface area contributed by atoms with Gasteiger partial charge in [-0.1, -0.05) is 491 Å². The van der Waals surface area contributed by atoms with Gasteiger partial charge in [-0.2, -0.15) is 0 Å². The van der Waals surface area contributed by atoms with E-state index in [1.54, 1.807) is 0 Å². The molecule has 5 heteroatoms. The van der Waals surface area contributed by atoms with E-state index in [0.29, 0.717) is 11.6 Å². The van der Waals surface area contributed by atoms with E-state index in [0.717, 1.165) is 106 Å². The van der Waals surface area contributed by atoms with Crippen LogP contribution in [0.3, 0.4) is 0 Å². The van der Waals surface area contributed by atoms with Crippen LogP contribution in [0.25, 0.3) is 251 Å². The van der Waals surface area contributed by atoms with Gasteiger partial charge in [0.25, 0.3) is 0 Å². The Morgan fingerprint density at radius 3 is 0.545 bits per heavy atom. The third kappa shape index (κ3) is 19.2. The largest absolute Gasteiger partial charge is 0.309 e. The highest BCUT2D eigenvalue weighted by Gasteiger charge is 2.21. The van der Waals surface area contributed by atoms with E-state index in [4.69, 9.17) is 19.9 Å². The van der Waals surface area contributed by atoms with Gasteiger partial charge in [0.15, 0.2) is 11.6 Å². The molecule has 22 aromatic carbocycles. The number of hydrogen-bond donors (Lipinski definition) is 0. The molecular weight excluding hydrogens is 1750 g/mol. The second-order valence-electron chi connectivity index (χ2n) is 36.8. The first-order valence-corrected chi connectivity index (χ1v) is 49.4. The highest BCUT2D eigenvalue weighted by molar-refractivity contribution is 6.10. The topological polar surface area (TPSA) is 56.5 Å². The second-order valence-corrected chi connectivity index (χ2v) is 36.8. The van der Waals surface area contributed by atoms with Gasteiger partial charge in [0.1, 0.15) is 0 Å². The Morgan fingerprint density at radius 2 is 0.276 bits per heavy atom. The molecule has 0 saturated heterocycles. The van der Waals surface area contributed by atoms with Crippen LogP contribution in [0.4, 0.5) is 0 Å². The van der Waals surface area contributed by atoms with Gasteiger partial charge in [-0.25, -0.2) is 19.9 Å². The van der Waals surface area contributed by atoms with Crippen molar-refractivity contribution in [1.82, 2.24) is 24.5 Å². The summed E-state index contributed by atoms with van der Waals surface area (Å²) in [5.74, 6) is 1.37. The lowest BCUT2D eigenvalue weighted by Crippen LogP contribution is -1.96. The maximum atomic E-state index is 5.27. The SMILES string of the molecule is c1ccc(-c2cccc(-c3ccc(-c4cc(-c5ccc(-c6cccc(-c7cccc(-c8ccccc8)c7)c6)cc5)nc(-c5ccc(-c6cccc(-c7cccc(-c8ccccc8)c7)c6)cc5)n4)cc3)c2)cc1.c1ccc(-c2cccc(-c3cccc(-c4ccc(-c5cc(-c6ccc(-c7cccc(-c8ccc9c%10ccccc%10n(-c%10cccc(-c%11ccccc%11)c%10)c9c8)c7)cc6)nc(-c6ccccc6)n5)cc4)c3)c2)cc1. The Labute approximate surface area is 845 Å². The summed E-state index contributed by atoms with van der Waals surface area (Å²) in [5, 5.41) is 2.48. The lowest BCUT2D eigenvalue weighted by molar-refractivity contribution is 1.18. The summed E-state index contributed by atoms with van der Waals surface area (Å²) in [6, 6.07) is 206. The second kappa shape index (κ2) is 40.3. The van der Waals surface area contributed by atoms with Crippen molar-refractivity contribution in [3.8, 4) is 229 Å². The molecule has 5 nitrogen and oxygen atoms in total. The molecular formula is C140H95N5. The predicted molar refractivity (Wildman–Crippen MR) is 607 cm³/mol. The summed E-state index contributed by atoms with van der Waals surface area (Å²) in [6.45, 7) is 0. The Balaban J connectivity index is 0.000000156. The summed E-state index contributed by atoms with van der Waals surface area (Å²) in [7, 11) is 0. The maximum Gasteiger partial charge on any atom is 0.160 e. The molecule has 0 N–H and O–H groups in total. The van der Waals surface area contributed by atoms with Gasteiger partial charge in [0, 0.05) is 49.8 Å². The molecule has 3 heterocycles. The zero-order chi connectivity index (χ0) is 96.6. The van der Waals surface area contributed by atoms with Gasteiger partial charge in [-0.15, -0.1) is 0 Å². The third-order valence-corrected chi connectivity index (χ3v) is 27.6. The molecule has 145 heavy (non-hydrogen) atoms. The van der Waals surface area contributed by atoms with Crippen molar-refractivity contribution >= 4 is 21.8 Å². The molecule has 0 saturated carbocycles. The number of hydrogen-bond acceptors (Lipinski definition) is 4. The lowest BCUT2D eigenvalue weighted by atomic mass is 9.95. The molecule has 0 fully saturated rings. The van der Waals surface area contributed by atoms with Gasteiger partial charge in [0.2, 0.25) is 0 Å². The third-order valence-electron chi connectivity index (χ3n) is 27.6. The van der Waals surface area contributed by atoms with E-state index in [1.165, 1.54) is 133 Å². The van der Waals surface area contributed by atoms with Crippen molar-refractivity contribution in [2.45, 2.75) is 0 Å². The van der Waals surface area contributed by atoms with E-state index in [9.17, 15) is 0 Å². The van der Waals surface area contributed by atoms with Crippen molar-refractivity contribution in [3.63, 3.8) is 0 Å². The number of rotatable bonds is 21. The van der Waals surface area contributed by atoms with Gasteiger partial charge in [0.05, 0.1) is 33.8 Å². The average molecular weight is 1850 g/mol. The quantitative estimate of drug-likeness (QED) is 0.0719. The molecule has 0 aliphatic rings. The Kier molecular flexibility index (Phi) is 24.6. The molecule has 680 valence electrons. The number of aromatic nitrogens is 5. The van der Waals surface area contributed by atoms with Crippen molar-refractivity contribution in [2.24, 2.45) is 0 Å². The Hall–Kier alpha value is -19.2. The number of benzene rings is 22. The minimum absolute atomic E-state index is 0.676. The lowest BCUT2D eigenvalue weighted by Gasteiger charge is -2.12. The molecule has 25 rings (SSSR count). The molecule has 0 aliphatic heterocycles. The summed E-state index contributed by atoms with van der Waals surface area (Å²) in [6.07, 6.45) is 0. The minimum atomic E-state index is 0.676. The normalized spacial score (nSPS) is 11.2. The van der Waals surface area contributed by atoms with E-state index in [-0.39, 0.29) is 0 Å². The standard InChI is InChI=1S/C70H47N3.C70H48N2/c1-4-16-48(17-5-1)55-22-12-25-58(42-55)59-26-13-23-56(43-59)50-32-36-52(37-33-50)66-47-67(72-70(71-66)54-20-8-3-9-21-54)53-38-34-51(35-39-53)57-24-14-27-60(44-57)62-40-41-65-64-30-10-11-31-68(64)73(69(65)46-62)63-29-15-28-61(45-63)49-18-6-2-7-19-49;1-4-15-49(16-5-1)58-21-10-24-61(43-58)52-31-37-55(38-32-52)68-48-69(56-39-33-53(34-40-56)62-25-13-29-66(46-62)64-27-11-22-59(44-64)50-17-6-2-7-18-50)72-70(71-68)57-41-35-54(36-42-57)63-26-14-30-67(47-63)65-28-12-23-60(45-65)51-19-8-3-9-20-51/h1-47H;1-48H. The molecule has 0 atom stereocenters. The number of nitrogens with zero attached hydrogens (tertiary/aromatic N) is 5. The molecule has 3 aromatic heterocycles. The Morgan fingerprint density at radius 1 is 0.103 bits per heavy atom. The molecule has 0 aliphatic carbocycles. The predicted octanol–water partition coefficient (Wildman–Crippen LogP) is 37.4. The zero-order valence-corrected chi connectivity index (χ0v) is 79.6. The highest BCUT2D eigenvalue weighted by Crippen LogP contribution is 2.43. The Bertz CT molecular complexity index is 8770. The van der Waals surface area contributed by atoms with E-state index >= 15 is 0 Å². The fourth-order valence-corrected chi connectivity index (χ4v) is 19.9. The molecule has 0 radical (unpaired) electrons. The first-order valence-electron chi connectivity index (χ1n) is 49.4. The van der Waals surface area contributed by atoms with Crippen LogP contribution in [-0.4, -0.2) is 24.5 Å². The van der Waals surface area contributed by atoms with E-state index in [1.807, 2.05) is 18.2 Å². The molecule has 0 bridgehead atoms. The van der Waals surface area contributed by atoms with Crippen molar-refractivity contribution in [3.05, 3.63) is 576 Å². The summed E-state index contributed by atoms with van der Waals surface area (Å²) < 4.78 is 2.41. The summed E-state index contributed by atoms with van der Waals surface area (Å²) in [4.78, 5) is 20.8. The molecule has 0 spiro atoms. The van der Waals surface area contributed by atoms with Crippen LogP contribution in [0.1, 0.15) is 0 Å². The van der Waals surface area contributed by atoms with Gasteiger partial charge in [-0.3, -0.25) is 0 Å². The molecule has 0 unspecified atom stereocenters.